The lowest BCUT2D eigenvalue weighted by Gasteiger charge is -2.33. The molecule has 0 unspecified atom stereocenters. The van der Waals surface area contributed by atoms with Crippen molar-refractivity contribution in [3.63, 3.8) is 0 Å². The molecule has 20 heteroatoms. The van der Waals surface area contributed by atoms with E-state index in [0.29, 0.717) is 52.0 Å². The lowest BCUT2D eigenvalue weighted by atomic mass is 9.92. The van der Waals surface area contributed by atoms with E-state index in [9.17, 15) is 28.8 Å². The summed E-state index contributed by atoms with van der Waals surface area (Å²) in [6.45, 7) is 3.01. The normalized spacial score (nSPS) is 13.4. The quantitative estimate of drug-likeness (QED) is 0.0356. The molecular formula is C33H54N10O10. The third-order valence-electron chi connectivity index (χ3n) is 7.35. The summed E-state index contributed by atoms with van der Waals surface area (Å²) in [6.07, 6.45) is 6.58. The lowest BCUT2D eigenvalue weighted by molar-refractivity contribution is -0.139. The molecule has 0 atom stereocenters. The van der Waals surface area contributed by atoms with Crippen molar-refractivity contribution in [3.05, 3.63) is 45.2 Å². The summed E-state index contributed by atoms with van der Waals surface area (Å²) >= 11 is 0. The Labute approximate surface area is 309 Å². The molecule has 0 fully saturated rings. The molecule has 2 N–H and O–H groups in total. The average molecular weight is 751 g/mol. The van der Waals surface area contributed by atoms with E-state index in [1.807, 2.05) is 0 Å². The highest BCUT2D eigenvalue weighted by atomic mass is 16.5. The molecule has 0 radical (unpaired) electrons. The van der Waals surface area contributed by atoms with Crippen LogP contribution in [0.2, 0.25) is 0 Å². The van der Waals surface area contributed by atoms with Gasteiger partial charge in [0.2, 0.25) is 11.8 Å². The van der Waals surface area contributed by atoms with Crippen molar-refractivity contribution < 1.29 is 47.7 Å². The molecule has 2 aliphatic heterocycles. The van der Waals surface area contributed by atoms with Crippen molar-refractivity contribution in [3.8, 4) is 0 Å². The Balaban J connectivity index is 0.0000135. The molecule has 0 saturated heterocycles. The monoisotopic (exact) mass is 750 g/mol. The van der Waals surface area contributed by atoms with Crippen LogP contribution in [0, 0.1) is 5.41 Å². The summed E-state index contributed by atoms with van der Waals surface area (Å²) < 4.78 is 23.8. The molecule has 2 heterocycles. The van der Waals surface area contributed by atoms with Crippen LogP contribution in [0.15, 0.2) is 34.5 Å². The highest BCUT2D eigenvalue weighted by molar-refractivity contribution is 6.13. The maximum absolute atomic E-state index is 12.2. The summed E-state index contributed by atoms with van der Waals surface area (Å²) in [7, 11) is 0. The van der Waals surface area contributed by atoms with Crippen LogP contribution in [0.3, 0.4) is 0 Å². The first kappa shape index (κ1) is 48.2. The molecule has 0 aliphatic carbocycles. The van der Waals surface area contributed by atoms with Crippen LogP contribution < -0.4 is 10.6 Å². The third kappa shape index (κ3) is 20.1. The van der Waals surface area contributed by atoms with E-state index in [4.69, 9.17) is 30.0 Å². The molecule has 6 amide bonds. The number of hydrogen-bond acceptors (Lipinski definition) is 12. The van der Waals surface area contributed by atoms with Crippen LogP contribution in [0.25, 0.3) is 20.9 Å². The second kappa shape index (κ2) is 28.7. The predicted octanol–water partition coefficient (Wildman–Crippen LogP) is 2.36. The Morgan fingerprint density at radius 3 is 1.25 bits per heavy atom. The largest absolute Gasteiger partial charge is 0.381 e. The summed E-state index contributed by atoms with van der Waals surface area (Å²) in [6, 6.07) is 0. The van der Waals surface area contributed by atoms with Gasteiger partial charge in [-0.25, -0.2) is 0 Å². The van der Waals surface area contributed by atoms with Gasteiger partial charge in [0.15, 0.2) is 0 Å². The minimum atomic E-state index is -0.769. The van der Waals surface area contributed by atoms with E-state index >= 15 is 0 Å². The Bertz CT molecular complexity index is 1210. The van der Waals surface area contributed by atoms with E-state index in [-0.39, 0.29) is 105 Å². The second-order valence-corrected chi connectivity index (χ2v) is 11.6. The zero-order valence-electron chi connectivity index (χ0n) is 28.6. The molecule has 0 saturated carbocycles. The minimum Gasteiger partial charge on any atom is -0.381 e. The average Bonchev–Trinajstić information content (AvgIpc) is 3.62. The summed E-state index contributed by atoms with van der Waals surface area (Å²) in [4.78, 5) is 78.5. The molecule has 53 heavy (non-hydrogen) atoms. The smallest absolute Gasteiger partial charge is 0.253 e. The van der Waals surface area contributed by atoms with Crippen molar-refractivity contribution in [2.24, 2.45) is 15.6 Å². The summed E-state index contributed by atoms with van der Waals surface area (Å²) in [5, 5.41) is 12.5. The number of nitrogens with one attached hydrogen (secondary N) is 2. The molecule has 0 aromatic rings. The first-order chi connectivity index (χ1) is 24.7. The van der Waals surface area contributed by atoms with Crippen LogP contribution in [-0.4, -0.2) is 137 Å². The van der Waals surface area contributed by atoms with Gasteiger partial charge in [-0.2, -0.15) is 0 Å². The van der Waals surface area contributed by atoms with Crippen molar-refractivity contribution in [2.45, 2.75) is 53.4 Å². The highest BCUT2D eigenvalue weighted by Gasteiger charge is 2.33. The van der Waals surface area contributed by atoms with Gasteiger partial charge < -0.3 is 29.6 Å². The van der Waals surface area contributed by atoms with Gasteiger partial charge in [0, 0.05) is 113 Å². The Hall–Kier alpha value is -4.84. The Morgan fingerprint density at radius 2 is 0.925 bits per heavy atom. The topological polar surface area (TPSA) is 267 Å². The van der Waals surface area contributed by atoms with Crippen LogP contribution in [0.5, 0.6) is 0 Å². The molecular weight excluding hydrogens is 696 g/mol. The van der Waals surface area contributed by atoms with Crippen molar-refractivity contribution in [1.82, 2.24) is 20.4 Å². The number of ether oxygens (including phenoxy) is 4. The fourth-order valence-corrected chi connectivity index (χ4v) is 4.68. The van der Waals surface area contributed by atoms with Gasteiger partial charge in [0.1, 0.15) is 0 Å². The first-order valence-electron chi connectivity index (χ1n) is 16.6. The fourth-order valence-electron chi connectivity index (χ4n) is 4.68. The second-order valence-electron chi connectivity index (χ2n) is 11.6. The number of nitrogens with zero attached hydrogens (tertiary/aromatic N) is 8. The molecule has 0 aromatic carbocycles. The van der Waals surface area contributed by atoms with Crippen LogP contribution in [0.1, 0.15) is 53.4 Å². The maximum atomic E-state index is 12.2. The van der Waals surface area contributed by atoms with Gasteiger partial charge in [0.25, 0.3) is 23.6 Å². The molecule has 0 aromatic heterocycles. The van der Waals surface area contributed by atoms with Gasteiger partial charge in [-0.1, -0.05) is 25.1 Å². The zero-order valence-corrected chi connectivity index (χ0v) is 28.6. The number of carbonyl (C=O) groups is 6. The SMILES string of the molecule is C.C.[N-]=[N+]=NCCCOCC(COCCCN=[N+]=[N-])(COCCCNC(=O)CCN1C(=O)C=CC1=O)COCCCNC(=O)CCN1C(=O)C=CC1=O. The third-order valence-corrected chi connectivity index (χ3v) is 7.35. The van der Waals surface area contributed by atoms with E-state index in [0.717, 1.165) is 9.80 Å². The van der Waals surface area contributed by atoms with Gasteiger partial charge in [-0.15, -0.1) is 0 Å². The highest BCUT2D eigenvalue weighted by Crippen LogP contribution is 2.21. The molecule has 2 aliphatic rings. The first-order valence-corrected chi connectivity index (χ1v) is 16.6. The number of imide groups is 2. The van der Waals surface area contributed by atoms with Crippen molar-refractivity contribution in [1.29, 1.82) is 0 Å². The number of amides is 6. The van der Waals surface area contributed by atoms with Gasteiger partial charge in [0.05, 0.1) is 31.8 Å². The molecule has 2 rings (SSSR count). The zero-order chi connectivity index (χ0) is 37.2. The fraction of sp³-hybridized carbons (Fsp3) is 0.697. The number of azide groups is 2. The molecule has 0 bridgehead atoms. The van der Waals surface area contributed by atoms with Crippen LogP contribution in [-0.2, 0) is 47.7 Å². The summed E-state index contributed by atoms with van der Waals surface area (Å²) in [5.74, 6) is -2.39. The number of hydrogen-bond donors (Lipinski definition) is 2. The van der Waals surface area contributed by atoms with Crippen LogP contribution >= 0.6 is 0 Å². The Morgan fingerprint density at radius 1 is 0.604 bits per heavy atom. The van der Waals surface area contributed by atoms with E-state index in [1.54, 1.807) is 0 Å². The van der Waals surface area contributed by atoms with Crippen molar-refractivity contribution >= 4 is 35.4 Å². The number of carbonyl (C=O) groups excluding carboxylic acids is 6. The maximum Gasteiger partial charge on any atom is 0.253 e. The van der Waals surface area contributed by atoms with E-state index < -0.39 is 29.0 Å². The number of rotatable bonds is 30. The standard InChI is InChI=1S/C31H46N10O10.2CH4/c32-38-36-13-3-19-50-23-31(24-51-20-4-14-37-39-33,21-48-17-1-11-34-25(42)9-15-40-27(44)5-6-28(40)45)22-49-18-2-12-35-26(43)10-16-41-29(46)7-8-30(41)47;;/h5-8H,1-4,9-24H2,(H,34,42)(H,35,43);2*1H4. The van der Waals surface area contributed by atoms with Gasteiger partial charge >= 0.3 is 0 Å². The van der Waals surface area contributed by atoms with E-state index in [2.05, 4.69) is 30.7 Å². The molecule has 296 valence electrons. The lowest BCUT2D eigenvalue weighted by Crippen LogP contribution is -2.42. The van der Waals surface area contributed by atoms with Crippen LogP contribution in [0.4, 0.5) is 0 Å². The van der Waals surface area contributed by atoms with Gasteiger partial charge in [-0.3, -0.25) is 38.6 Å². The predicted molar refractivity (Wildman–Crippen MR) is 193 cm³/mol. The van der Waals surface area contributed by atoms with Gasteiger partial charge in [-0.05, 0) is 36.7 Å². The molecule has 20 nitrogen and oxygen atoms in total. The van der Waals surface area contributed by atoms with E-state index in [1.165, 1.54) is 24.3 Å². The molecule has 0 spiro atoms. The summed E-state index contributed by atoms with van der Waals surface area (Å²) in [5.41, 5.74) is 16.3. The Kier molecular flexibility index (Phi) is 26.1. The minimum absolute atomic E-state index is 0. The van der Waals surface area contributed by atoms with Crippen molar-refractivity contribution in [2.75, 3.05) is 92.1 Å².